The Hall–Kier alpha value is -0.570. The molecule has 2 saturated carbocycles. The van der Waals surface area contributed by atoms with Crippen molar-refractivity contribution in [3.05, 3.63) is 0 Å². The molecular weight excluding hydrogens is 224 g/mol. The second-order valence-corrected chi connectivity index (χ2v) is 6.61. The minimum atomic E-state index is 0.424. The molecule has 2 bridgehead atoms. The maximum Gasteiger partial charge on any atom is 0.222 e. The lowest BCUT2D eigenvalue weighted by Crippen LogP contribution is -2.47. The molecule has 0 aromatic heterocycles. The predicted molar refractivity (Wildman–Crippen MR) is 72.2 cm³/mol. The van der Waals surface area contributed by atoms with Crippen LogP contribution in [0, 0.1) is 17.8 Å². The fourth-order valence-electron chi connectivity index (χ4n) is 4.42. The third-order valence-corrected chi connectivity index (χ3v) is 5.50. The van der Waals surface area contributed by atoms with Crippen LogP contribution in [-0.2, 0) is 4.79 Å². The van der Waals surface area contributed by atoms with Crippen LogP contribution in [-0.4, -0.2) is 37.0 Å². The first kappa shape index (κ1) is 12.5. The molecule has 3 heteroatoms. The normalized spacial score (nSPS) is 39.3. The van der Waals surface area contributed by atoms with Gasteiger partial charge in [0.05, 0.1) is 0 Å². The van der Waals surface area contributed by atoms with Crippen LogP contribution in [0.3, 0.4) is 0 Å². The number of nitrogens with zero attached hydrogens (tertiary/aromatic N) is 1. The van der Waals surface area contributed by atoms with Crippen molar-refractivity contribution >= 4 is 5.91 Å². The lowest BCUT2D eigenvalue weighted by atomic mass is 9.86. The highest BCUT2D eigenvalue weighted by Gasteiger charge is 2.40. The van der Waals surface area contributed by atoms with Gasteiger partial charge >= 0.3 is 0 Å². The molecule has 0 aromatic rings. The summed E-state index contributed by atoms with van der Waals surface area (Å²) in [7, 11) is 2.01. The first-order valence-electron chi connectivity index (χ1n) is 7.71. The molecule has 3 nitrogen and oxygen atoms in total. The van der Waals surface area contributed by atoms with E-state index in [4.69, 9.17) is 0 Å². The van der Waals surface area contributed by atoms with Gasteiger partial charge < -0.3 is 10.2 Å². The van der Waals surface area contributed by atoms with E-state index in [-0.39, 0.29) is 0 Å². The number of carbonyl (C=O) groups excluding carboxylic acids is 1. The average Bonchev–Trinajstić information content (AvgIpc) is 3.01. The van der Waals surface area contributed by atoms with Gasteiger partial charge in [-0.3, -0.25) is 4.79 Å². The van der Waals surface area contributed by atoms with Crippen molar-refractivity contribution in [2.45, 2.75) is 51.0 Å². The van der Waals surface area contributed by atoms with E-state index in [9.17, 15) is 4.79 Å². The third-order valence-electron chi connectivity index (χ3n) is 5.50. The summed E-state index contributed by atoms with van der Waals surface area (Å²) in [6, 6.07) is 0.516. The summed E-state index contributed by atoms with van der Waals surface area (Å²) in [5.74, 6) is 2.97. The quantitative estimate of drug-likeness (QED) is 0.831. The highest BCUT2D eigenvalue weighted by Crippen LogP contribution is 2.49. The molecule has 3 rings (SSSR count). The molecule has 0 aromatic carbocycles. The van der Waals surface area contributed by atoms with Gasteiger partial charge in [0.2, 0.25) is 5.91 Å². The second kappa shape index (κ2) is 5.20. The number of rotatable bonds is 3. The number of amides is 1. The van der Waals surface area contributed by atoms with E-state index in [1.54, 1.807) is 0 Å². The molecule has 1 saturated heterocycles. The molecule has 0 radical (unpaired) electrons. The fourth-order valence-corrected chi connectivity index (χ4v) is 4.42. The Morgan fingerprint density at radius 1 is 1.28 bits per heavy atom. The number of carbonyl (C=O) groups is 1. The smallest absolute Gasteiger partial charge is 0.222 e. The van der Waals surface area contributed by atoms with Gasteiger partial charge in [0, 0.05) is 25.6 Å². The van der Waals surface area contributed by atoms with E-state index in [0.29, 0.717) is 17.9 Å². The van der Waals surface area contributed by atoms with Crippen LogP contribution in [0.5, 0.6) is 0 Å². The summed E-state index contributed by atoms with van der Waals surface area (Å²) < 4.78 is 0. The Morgan fingerprint density at radius 2 is 2.17 bits per heavy atom. The van der Waals surface area contributed by atoms with Crippen LogP contribution in [0.4, 0.5) is 0 Å². The van der Waals surface area contributed by atoms with Crippen LogP contribution in [0.1, 0.15) is 44.9 Å². The topological polar surface area (TPSA) is 32.3 Å². The molecule has 1 amide bonds. The third kappa shape index (κ3) is 2.42. The SMILES string of the molecule is CNC1CCCN(C(=O)CC2CC3CCC2C3)C1. The van der Waals surface area contributed by atoms with Gasteiger partial charge in [0.25, 0.3) is 0 Å². The number of piperidine rings is 1. The zero-order chi connectivity index (χ0) is 12.5. The van der Waals surface area contributed by atoms with Crippen molar-refractivity contribution in [1.29, 1.82) is 0 Å². The first-order chi connectivity index (χ1) is 8.76. The standard InChI is InChI=1S/C15H26N2O/c1-16-14-3-2-6-17(10-14)15(18)9-13-8-11-4-5-12(13)7-11/h11-14,16H,2-10H2,1H3. The molecular formula is C15H26N2O. The van der Waals surface area contributed by atoms with E-state index < -0.39 is 0 Å². The van der Waals surface area contributed by atoms with Gasteiger partial charge in [-0.25, -0.2) is 0 Å². The number of hydrogen-bond acceptors (Lipinski definition) is 2. The Morgan fingerprint density at radius 3 is 2.83 bits per heavy atom. The Bertz CT molecular complexity index is 318. The van der Waals surface area contributed by atoms with E-state index in [1.165, 1.54) is 32.1 Å². The molecule has 1 N–H and O–H groups in total. The van der Waals surface area contributed by atoms with E-state index in [2.05, 4.69) is 10.2 Å². The van der Waals surface area contributed by atoms with Crippen molar-refractivity contribution in [2.24, 2.45) is 17.8 Å². The highest BCUT2D eigenvalue weighted by molar-refractivity contribution is 5.76. The summed E-state index contributed by atoms with van der Waals surface area (Å²) in [6.07, 6.45) is 8.78. The van der Waals surface area contributed by atoms with Crippen LogP contribution in [0.15, 0.2) is 0 Å². The summed E-state index contributed by atoms with van der Waals surface area (Å²) in [6.45, 7) is 1.91. The summed E-state index contributed by atoms with van der Waals surface area (Å²) >= 11 is 0. The summed E-state index contributed by atoms with van der Waals surface area (Å²) in [5.41, 5.74) is 0. The minimum Gasteiger partial charge on any atom is -0.341 e. The molecule has 102 valence electrons. The monoisotopic (exact) mass is 250 g/mol. The number of nitrogens with one attached hydrogen (secondary N) is 1. The molecule has 3 aliphatic rings. The van der Waals surface area contributed by atoms with Gasteiger partial charge in [0.15, 0.2) is 0 Å². The van der Waals surface area contributed by atoms with Gasteiger partial charge in [-0.1, -0.05) is 6.42 Å². The molecule has 18 heavy (non-hydrogen) atoms. The van der Waals surface area contributed by atoms with Crippen molar-refractivity contribution in [1.82, 2.24) is 10.2 Å². The maximum absolute atomic E-state index is 12.4. The molecule has 1 aliphatic heterocycles. The lowest BCUT2D eigenvalue weighted by Gasteiger charge is -2.34. The summed E-state index contributed by atoms with van der Waals surface area (Å²) in [4.78, 5) is 14.5. The van der Waals surface area contributed by atoms with Crippen molar-refractivity contribution < 1.29 is 4.79 Å². The van der Waals surface area contributed by atoms with Crippen molar-refractivity contribution in [3.8, 4) is 0 Å². The number of likely N-dealkylation sites (tertiary alicyclic amines) is 1. The van der Waals surface area contributed by atoms with Gasteiger partial charge in [0.1, 0.15) is 0 Å². The van der Waals surface area contributed by atoms with Crippen molar-refractivity contribution in [2.75, 3.05) is 20.1 Å². The molecule has 4 unspecified atom stereocenters. The van der Waals surface area contributed by atoms with Gasteiger partial charge in [-0.15, -0.1) is 0 Å². The maximum atomic E-state index is 12.4. The molecule has 4 atom stereocenters. The van der Waals surface area contributed by atoms with Gasteiger partial charge in [-0.05, 0) is 56.9 Å². The van der Waals surface area contributed by atoms with E-state index >= 15 is 0 Å². The zero-order valence-electron chi connectivity index (χ0n) is 11.5. The second-order valence-electron chi connectivity index (χ2n) is 6.61. The largest absolute Gasteiger partial charge is 0.341 e. The predicted octanol–water partition coefficient (Wildman–Crippen LogP) is 2.02. The Balaban J connectivity index is 1.52. The molecule has 0 spiro atoms. The first-order valence-corrected chi connectivity index (χ1v) is 7.71. The average molecular weight is 250 g/mol. The van der Waals surface area contributed by atoms with Crippen LogP contribution in [0.2, 0.25) is 0 Å². The molecule has 1 heterocycles. The molecule has 3 fully saturated rings. The Labute approximate surface area is 110 Å². The lowest BCUT2D eigenvalue weighted by molar-refractivity contribution is -0.133. The molecule has 2 aliphatic carbocycles. The number of hydrogen-bond donors (Lipinski definition) is 1. The number of fused-ring (bicyclic) bond motifs is 2. The van der Waals surface area contributed by atoms with E-state index in [0.717, 1.165) is 37.8 Å². The summed E-state index contributed by atoms with van der Waals surface area (Å²) in [5, 5.41) is 3.32. The van der Waals surface area contributed by atoms with Gasteiger partial charge in [-0.2, -0.15) is 0 Å². The van der Waals surface area contributed by atoms with E-state index in [1.807, 2.05) is 7.05 Å². The Kier molecular flexibility index (Phi) is 3.60. The highest BCUT2D eigenvalue weighted by atomic mass is 16.2. The van der Waals surface area contributed by atoms with Crippen LogP contribution < -0.4 is 5.32 Å². The minimum absolute atomic E-state index is 0.424. The fraction of sp³-hybridized carbons (Fsp3) is 0.933. The van der Waals surface area contributed by atoms with Crippen molar-refractivity contribution in [3.63, 3.8) is 0 Å². The zero-order valence-corrected chi connectivity index (χ0v) is 11.5. The van der Waals surface area contributed by atoms with Crippen LogP contribution >= 0.6 is 0 Å². The van der Waals surface area contributed by atoms with Crippen LogP contribution in [0.25, 0.3) is 0 Å². The number of likely N-dealkylation sites (N-methyl/N-ethyl adjacent to an activating group) is 1.